The SMILES string of the molecule is CCC(C)(C)C(=O)OC1CC(=O)Oc2ccccc21. The summed E-state index contributed by atoms with van der Waals surface area (Å²) in [6.45, 7) is 5.61. The van der Waals surface area contributed by atoms with E-state index in [2.05, 4.69) is 0 Å². The van der Waals surface area contributed by atoms with E-state index in [-0.39, 0.29) is 18.4 Å². The largest absolute Gasteiger partial charge is 0.456 e. The molecule has 1 aliphatic rings. The van der Waals surface area contributed by atoms with Crippen molar-refractivity contribution in [3.8, 4) is 5.75 Å². The molecule has 0 N–H and O–H groups in total. The Morgan fingerprint density at radius 3 is 2.79 bits per heavy atom. The number of carbonyl (C=O) groups excluding carboxylic acids is 2. The minimum Gasteiger partial charge on any atom is -0.456 e. The summed E-state index contributed by atoms with van der Waals surface area (Å²) in [5.74, 6) is -0.179. The van der Waals surface area contributed by atoms with Crippen LogP contribution in [0.25, 0.3) is 0 Å². The van der Waals surface area contributed by atoms with Crippen LogP contribution in [0.2, 0.25) is 0 Å². The number of fused-ring (bicyclic) bond motifs is 1. The molecular formula is C15H18O4. The highest BCUT2D eigenvalue weighted by molar-refractivity contribution is 5.79. The molecule has 0 amide bonds. The molecule has 1 aliphatic heterocycles. The van der Waals surface area contributed by atoms with Gasteiger partial charge in [-0.25, -0.2) is 0 Å². The molecule has 4 heteroatoms. The average molecular weight is 262 g/mol. The average Bonchev–Trinajstić information content (AvgIpc) is 2.38. The fourth-order valence-corrected chi connectivity index (χ4v) is 1.80. The predicted molar refractivity (Wildman–Crippen MR) is 69.6 cm³/mol. The third kappa shape index (κ3) is 2.78. The van der Waals surface area contributed by atoms with Crippen molar-refractivity contribution in [1.29, 1.82) is 0 Å². The first kappa shape index (κ1) is 13.6. The van der Waals surface area contributed by atoms with E-state index >= 15 is 0 Å². The summed E-state index contributed by atoms with van der Waals surface area (Å²) in [5, 5.41) is 0. The van der Waals surface area contributed by atoms with Gasteiger partial charge >= 0.3 is 11.9 Å². The minimum atomic E-state index is -0.546. The van der Waals surface area contributed by atoms with Crippen LogP contribution in [-0.4, -0.2) is 11.9 Å². The second kappa shape index (κ2) is 5.03. The van der Waals surface area contributed by atoms with E-state index in [0.29, 0.717) is 12.2 Å². The molecule has 0 saturated carbocycles. The number of rotatable bonds is 3. The molecule has 4 nitrogen and oxygen atoms in total. The molecule has 0 spiro atoms. The van der Waals surface area contributed by atoms with Crippen molar-refractivity contribution in [3.63, 3.8) is 0 Å². The number of esters is 2. The van der Waals surface area contributed by atoms with Crippen LogP contribution in [-0.2, 0) is 14.3 Å². The molecule has 19 heavy (non-hydrogen) atoms. The van der Waals surface area contributed by atoms with Gasteiger partial charge in [0.15, 0.2) is 0 Å². The molecule has 0 fully saturated rings. The van der Waals surface area contributed by atoms with E-state index in [0.717, 1.165) is 5.56 Å². The molecule has 102 valence electrons. The Morgan fingerprint density at radius 2 is 2.11 bits per heavy atom. The second-order valence-electron chi connectivity index (χ2n) is 5.35. The van der Waals surface area contributed by atoms with E-state index in [1.165, 1.54) is 0 Å². The number of hydrogen-bond donors (Lipinski definition) is 0. The summed E-state index contributed by atoms with van der Waals surface area (Å²) in [6.07, 6.45) is 0.212. The van der Waals surface area contributed by atoms with Crippen molar-refractivity contribution in [1.82, 2.24) is 0 Å². The van der Waals surface area contributed by atoms with Crippen molar-refractivity contribution in [3.05, 3.63) is 29.8 Å². The summed E-state index contributed by atoms with van der Waals surface area (Å²) in [7, 11) is 0. The van der Waals surface area contributed by atoms with Gasteiger partial charge in [0.2, 0.25) is 0 Å². The third-order valence-corrected chi connectivity index (χ3v) is 3.53. The molecule has 0 aliphatic carbocycles. The van der Waals surface area contributed by atoms with Gasteiger partial charge in [0.25, 0.3) is 0 Å². The normalized spacial score (nSPS) is 18.5. The van der Waals surface area contributed by atoms with E-state index in [4.69, 9.17) is 9.47 Å². The molecular weight excluding hydrogens is 244 g/mol. The molecule has 2 rings (SSSR count). The molecule has 1 aromatic carbocycles. The van der Waals surface area contributed by atoms with Crippen molar-refractivity contribution in [2.75, 3.05) is 0 Å². The van der Waals surface area contributed by atoms with E-state index in [1.807, 2.05) is 32.9 Å². The van der Waals surface area contributed by atoms with Crippen LogP contribution in [0.1, 0.15) is 45.3 Å². The lowest BCUT2D eigenvalue weighted by Crippen LogP contribution is -2.30. The van der Waals surface area contributed by atoms with Gasteiger partial charge in [-0.1, -0.05) is 25.1 Å². The van der Waals surface area contributed by atoms with Crippen molar-refractivity contribution >= 4 is 11.9 Å². The zero-order valence-electron chi connectivity index (χ0n) is 11.4. The summed E-state index contributed by atoms with van der Waals surface area (Å²) < 4.78 is 10.6. The minimum absolute atomic E-state index is 0.0720. The molecule has 0 radical (unpaired) electrons. The summed E-state index contributed by atoms with van der Waals surface area (Å²) >= 11 is 0. The first-order valence-corrected chi connectivity index (χ1v) is 6.44. The van der Waals surface area contributed by atoms with Gasteiger partial charge in [-0.05, 0) is 26.3 Å². The van der Waals surface area contributed by atoms with Crippen LogP contribution in [0.4, 0.5) is 0 Å². The number of para-hydroxylation sites is 1. The van der Waals surface area contributed by atoms with E-state index in [1.54, 1.807) is 12.1 Å². The van der Waals surface area contributed by atoms with Crippen LogP contribution >= 0.6 is 0 Å². The van der Waals surface area contributed by atoms with E-state index < -0.39 is 11.5 Å². The summed E-state index contributed by atoms with van der Waals surface area (Å²) in [4.78, 5) is 23.6. The lowest BCUT2D eigenvalue weighted by molar-refractivity contribution is -0.163. The number of carbonyl (C=O) groups is 2. The zero-order chi connectivity index (χ0) is 14.0. The van der Waals surface area contributed by atoms with Crippen molar-refractivity contribution < 1.29 is 19.1 Å². The maximum absolute atomic E-state index is 12.1. The van der Waals surface area contributed by atoms with Gasteiger partial charge in [0.1, 0.15) is 11.9 Å². The van der Waals surface area contributed by atoms with E-state index in [9.17, 15) is 9.59 Å². The van der Waals surface area contributed by atoms with Gasteiger partial charge in [-0.3, -0.25) is 9.59 Å². The Kier molecular flexibility index (Phi) is 3.60. The molecule has 0 aromatic heterocycles. The van der Waals surface area contributed by atoms with Crippen LogP contribution in [0.3, 0.4) is 0 Å². The Hall–Kier alpha value is -1.84. The Bertz CT molecular complexity index is 505. The maximum atomic E-state index is 12.1. The highest BCUT2D eigenvalue weighted by Gasteiger charge is 2.34. The Labute approximate surface area is 112 Å². The monoisotopic (exact) mass is 262 g/mol. The fraction of sp³-hybridized carbons (Fsp3) is 0.467. The van der Waals surface area contributed by atoms with Gasteiger partial charge in [-0.15, -0.1) is 0 Å². The van der Waals surface area contributed by atoms with Gasteiger partial charge in [0, 0.05) is 5.56 Å². The summed E-state index contributed by atoms with van der Waals surface area (Å²) in [6, 6.07) is 7.15. The number of benzene rings is 1. The van der Waals surface area contributed by atoms with Gasteiger partial charge < -0.3 is 9.47 Å². The van der Waals surface area contributed by atoms with Crippen LogP contribution in [0.15, 0.2) is 24.3 Å². The Balaban J connectivity index is 2.22. The first-order valence-electron chi connectivity index (χ1n) is 6.44. The fourth-order valence-electron chi connectivity index (χ4n) is 1.80. The molecule has 1 heterocycles. The van der Waals surface area contributed by atoms with Crippen molar-refractivity contribution in [2.24, 2.45) is 5.41 Å². The smallest absolute Gasteiger partial charge is 0.315 e. The lowest BCUT2D eigenvalue weighted by atomic mass is 9.90. The molecule has 1 aromatic rings. The number of ether oxygens (including phenoxy) is 2. The molecule has 0 saturated heterocycles. The lowest BCUT2D eigenvalue weighted by Gasteiger charge is -2.28. The van der Waals surface area contributed by atoms with Crippen LogP contribution < -0.4 is 4.74 Å². The van der Waals surface area contributed by atoms with Crippen LogP contribution in [0.5, 0.6) is 5.75 Å². The molecule has 1 unspecified atom stereocenters. The third-order valence-electron chi connectivity index (χ3n) is 3.53. The highest BCUT2D eigenvalue weighted by atomic mass is 16.6. The van der Waals surface area contributed by atoms with Gasteiger partial charge in [0.05, 0.1) is 11.8 Å². The maximum Gasteiger partial charge on any atom is 0.315 e. The predicted octanol–water partition coefficient (Wildman–Crippen LogP) is 3.02. The molecule has 0 bridgehead atoms. The summed E-state index contributed by atoms with van der Waals surface area (Å²) in [5.41, 5.74) is 0.207. The standard InChI is InChI=1S/C15H18O4/c1-4-15(2,3)14(17)19-12-9-13(16)18-11-8-6-5-7-10(11)12/h5-8,12H,4,9H2,1-3H3. The first-order chi connectivity index (χ1) is 8.94. The Morgan fingerprint density at radius 1 is 1.42 bits per heavy atom. The van der Waals surface area contributed by atoms with Gasteiger partial charge in [-0.2, -0.15) is 0 Å². The quantitative estimate of drug-likeness (QED) is 0.620. The number of hydrogen-bond acceptors (Lipinski definition) is 4. The topological polar surface area (TPSA) is 52.6 Å². The van der Waals surface area contributed by atoms with Crippen LogP contribution in [0, 0.1) is 5.41 Å². The zero-order valence-corrected chi connectivity index (χ0v) is 11.4. The highest BCUT2D eigenvalue weighted by Crippen LogP contribution is 2.36. The molecule has 1 atom stereocenters. The second-order valence-corrected chi connectivity index (χ2v) is 5.35. The van der Waals surface area contributed by atoms with Crippen molar-refractivity contribution in [2.45, 2.75) is 39.7 Å².